The summed E-state index contributed by atoms with van der Waals surface area (Å²) in [5.41, 5.74) is 0. The van der Waals surface area contributed by atoms with Gasteiger partial charge < -0.3 is 0 Å². The number of rotatable bonds is 3. The molecule has 0 aliphatic heterocycles. The molecule has 0 aliphatic carbocycles. The zero-order chi connectivity index (χ0) is 7.44. The molecule has 0 aromatic rings. The molecule has 0 radical (unpaired) electrons. The summed E-state index contributed by atoms with van der Waals surface area (Å²) in [6.07, 6.45) is 1.18. The highest BCUT2D eigenvalue weighted by atomic mass is 32.1. The lowest BCUT2D eigenvalue weighted by Crippen LogP contribution is -2.16. The van der Waals surface area contributed by atoms with Crippen LogP contribution in [0, 0.1) is 11.8 Å². The predicted molar refractivity (Wildman–Crippen MR) is 47.1 cm³/mol. The number of hydrogen-bond donors (Lipinski definition) is 1. The average Bonchev–Trinajstić information content (AvgIpc) is 1.84. The van der Waals surface area contributed by atoms with E-state index in [1.165, 1.54) is 6.42 Å². The van der Waals surface area contributed by atoms with Gasteiger partial charge in [0.15, 0.2) is 0 Å². The van der Waals surface area contributed by atoms with Crippen molar-refractivity contribution in [2.24, 2.45) is 11.8 Å². The maximum atomic E-state index is 4.46. The standard InChI is InChI=1S/C8H18S/c1-5-8(9)7(4)6(2)3/h6-9H,5H2,1-4H3. The normalized spacial score (nSPS) is 18.0. The largest absolute Gasteiger partial charge is 0.176 e. The van der Waals surface area contributed by atoms with Crippen LogP contribution in [-0.2, 0) is 0 Å². The van der Waals surface area contributed by atoms with Crippen LogP contribution in [0.4, 0.5) is 0 Å². The minimum Gasteiger partial charge on any atom is -0.176 e. The topological polar surface area (TPSA) is 0 Å². The maximum Gasteiger partial charge on any atom is 0.00422 e. The summed E-state index contributed by atoms with van der Waals surface area (Å²) in [7, 11) is 0. The lowest BCUT2D eigenvalue weighted by atomic mass is 9.93. The minimum absolute atomic E-state index is 0.588. The van der Waals surface area contributed by atoms with E-state index in [1.54, 1.807) is 0 Å². The highest BCUT2D eigenvalue weighted by Gasteiger charge is 2.13. The van der Waals surface area contributed by atoms with E-state index in [9.17, 15) is 0 Å². The minimum atomic E-state index is 0.588. The summed E-state index contributed by atoms with van der Waals surface area (Å²) in [6.45, 7) is 8.97. The van der Waals surface area contributed by atoms with Gasteiger partial charge in [0.1, 0.15) is 0 Å². The smallest absolute Gasteiger partial charge is 0.00422 e. The molecule has 0 spiro atoms. The molecule has 0 amide bonds. The van der Waals surface area contributed by atoms with Crippen molar-refractivity contribution in [3.05, 3.63) is 0 Å². The molecule has 1 heteroatoms. The Morgan fingerprint density at radius 2 is 1.67 bits per heavy atom. The Kier molecular flexibility index (Phi) is 4.37. The summed E-state index contributed by atoms with van der Waals surface area (Å²) in [5.74, 6) is 1.52. The van der Waals surface area contributed by atoms with E-state index in [-0.39, 0.29) is 0 Å². The van der Waals surface area contributed by atoms with Crippen molar-refractivity contribution in [1.29, 1.82) is 0 Å². The van der Waals surface area contributed by atoms with Crippen molar-refractivity contribution in [2.75, 3.05) is 0 Å². The first-order valence-electron chi connectivity index (χ1n) is 3.77. The molecule has 0 aliphatic rings. The van der Waals surface area contributed by atoms with Gasteiger partial charge in [0.2, 0.25) is 0 Å². The highest BCUT2D eigenvalue weighted by molar-refractivity contribution is 7.81. The van der Waals surface area contributed by atoms with E-state index in [0.717, 1.165) is 11.8 Å². The summed E-state index contributed by atoms with van der Waals surface area (Å²) < 4.78 is 0. The van der Waals surface area contributed by atoms with Gasteiger partial charge in [0.25, 0.3) is 0 Å². The molecule has 0 nitrogen and oxygen atoms in total. The van der Waals surface area contributed by atoms with E-state index < -0.39 is 0 Å². The van der Waals surface area contributed by atoms with Crippen molar-refractivity contribution < 1.29 is 0 Å². The molecule has 0 bridgehead atoms. The molecule has 0 saturated carbocycles. The van der Waals surface area contributed by atoms with Crippen LogP contribution in [0.3, 0.4) is 0 Å². The van der Waals surface area contributed by atoms with Crippen molar-refractivity contribution in [3.63, 3.8) is 0 Å². The first-order chi connectivity index (χ1) is 4.09. The Balaban J connectivity index is 3.58. The maximum absolute atomic E-state index is 4.46. The third-order valence-electron chi connectivity index (χ3n) is 2.08. The fourth-order valence-corrected chi connectivity index (χ4v) is 1.16. The second-order valence-corrected chi connectivity index (χ2v) is 3.74. The van der Waals surface area contributed by atoms with E-state index >= 15 is 0 Å². The lowest BCUT2D eigenvalue weighted by molar-refractivity contribution is 0.401. The molecular formula is C8H18S. The summed E-state index contributed by atoms with van der Waals surface area (Å²) in [5, 5.41) is 0.588. The quantitative estimate of drug-likeness (QED) is 0.581. The molecule has 2 atom stereocenters. The summed E-state index contributed by atoms with van der Waals surface area (Å²) in [6, 6.07) is 0. The fraction of sp³-hybridized carbons (Fsp3) is 1.00. The molecule has 0 aromatic carbocycles. The van der Waals surface area contributed by atoms with Crippen LogP contribution in [-0.4, -0.2) is 5.25 Å². The van der Waals surface area contributed by atoms with Gasteiger partial charge in [-0.25, -0.2) is 0 Å². The van der Waals surface area contributed by atoms with E-state index in [1.807, 2.05) is 0 Å². The number of hydrogen-bond acceptors (Lipinski definition) is 1. The predicted octanol–water partition coefficient (Wildman–Crippen LogP) is 2.99. The zero-order valence-corrected chi connectivity index (χ0v) is 7.78. The van der Waals surface area contributed by atoms with Gasteiger partial charge in [0, 0.05) is 5.25 Å². The molecule has 0 aromatic heterocycles. The van der Waals surface area contributed by atoms with Gasteiger partial charge >= 0.3 is 0 Å². The molecule has 0 fully saturated rings. The van der Waals surface area contributed by atoms with Crippen molar-refractivity contribution in [2.45, 2.75) is 39.4 Å². The SMILES string of the molecule is CCC(S)C(C)C(C)C. The molecule has 0 rings (SSSR count). The van der Waals surface area contributed by atoms with Crippen molar-refractivity contribution in [1.82, 2.24) is 0 Å². The molecule has 0 saturated heterocycles. The number of thiol groups is 1. The lowest BCUT2D eigenvalue weighted by Gasteiger charge is -2.20. The molecule has 9 heavy (non-hydrogen) atoms. The van der Waals surface area contributed by atoms with Crippen LogP contribution in [0.15, 0.2) is 0 Å². The van der Waals surface area contributed by atoms with Gasteiger partial charge in [-0.2, -0.15) is 12.6 Å². The molecule has 56 valence electrons. The molecule has 0 heterocycles. The van der Waals surface area contributed by atoms with Crippen LogP contribution in [0.5, 0.6) is 0 Å². The molecule has 0 N–H and O–H groups in total. The Labute approximate surface area is 64.4 Å². The van der Waals surface area contributed by atoms with Crippen LogP contribution < -0.4 is 0 Å². The van der Waals surface area contributed by atoms with Crippen LogP contribution in [0.2, 0.25) is 0 Å². The van der Waals surface area contributed by atoms with Gasteiger partial charge in [0.05, 0.1) is 0 Å². The van der Waals surface area contributed by atoms with E-state index in [2.05, 4.69) is 40.3 Å². The fourth-order valence-electron chi connectivity index (χ4n) is 0.816. The Morgan fingerprint density at radius 3 is 1.78 bits per heavy atom. The Morgan fingerprint density at radius 1 is 1.22 bits per heavy atom. The van der Waals surface area contributed by atoms with Gasteiger partial charge in [-0.15, -0.1) is 0 Å². The second kappa shape index (κ2) is 4.21. The average molecular weight is 146 g/mol. The Hall–Kier alpha value is 0.350. The monoisotopic (exact) mass is 146 g/mol. The van der Waals surface area contributed by atoms with Crippen molar-refractivity contribution in [3.8, 4) is 0 Å². The molecule has 2 unspecified atom stereocenters. The van der Waals surface area contributed by atoms with Gasteiger partial charge in [-0.3, -0.25) is 0 Å². The van der Waals surface area contributed by atoms with Gasteiger partial charge in [-0.1, -0.05) is 27.7 Å². The molecular weight excluding hydrogens is 128 g/mol. The summed E-state index contributed by atoms with van der Waals surface area (Å²) >= 11 is 4.46. The first-order valence-corrected chi connectivity index (χ1v) is 4.29. The zero-order valence-electron chi connectivity index (χ0n) is 6.89. The van der Waals surface area contributed by atoms with Crippen LogP contribution >= 0.6 is 12.6 Å². The third kappa shape index (κ3) is 3.14. The Bertz CT molecular complexity index is 69.0. The second-order valence-electron chi connectivity index (χ2n) is 3.08. The van der Waals surface area contributed by atoms with Gasteiger partial charge in [-0.05, 0) is 18.3 Å². The van der Waals surface area contributed by atoms with Crippen LogP contribution in [0.1, 0.15) is 34.1 Å². The van der Waals surface area contributed by atoms with Crippen molar-refractivity contribution >= 4 is 12.6 Å². The summed E-state index contributed by atoms with van der Waals surface area (Å²) in [4.78, 5) is 0. The highest BCUT2D eigenvalue weighted by Crippen LogP contribution is 2.20. The first kappa shape index (κ1) is 9.35. The van der Waals surface area contributed by atoms with E-state index in [0.29, 0.717) is 5.25 Å². The van der Waals surface area contributed by atoms with E-state index in [4.69, 9.17) is 0 Å². The van der Waals surface area contributed by atoms with Crippen LogP contribution in [0.25, 0.3) is 0 Å². The third-order valence-corrected chi connectivity index (χ3v) is 2.91.